The average Bonchev–Trinajstić information content (AvgIpc) is 3.27. The van der Waals surface area contributed by atoms with Crippen LogP contribution in [-0.2, 0) is 33.3 Å². The minimum atomic E-state index is -1.63. The number of carbonyl (C=O) groups excluding carboxylic acids is 3. The smallest absolute Gasteiger partial charge is 0.306 e. The second kappa shape index (κ2) is 47.7. The molecule has 0 N–H and O–H groups in total. The molecule has 0 aromatic heterocycles. The highest BCUT2D eigenvalue weighted by molar-refractivity contribution is 5.70. The standard InChI is InChI=1S/C56H101NO8/c1-6-8-10-12-14-16-18-20-22-23-24-25-26-27-28-29-30-31-33-34-36-38-40-42-44-46-53(58)63-50-52(51-64-56(55(60)61)62-49-48-57(3,4)5)65-54(59)47-45-43-41-39-37-35-32-21-19-17-15-13-11-9-7-2/h9,11,15,17,21,23-24,32,52,56H,6-8,10,12-14,16,18-20,22,25-31,33-51H2,1-5H3/b11-9-,17-15-,24-23-,32-21-. The normalized spacial score (nSPS) is 13.2. The summed E-state index contributed by atoms with van der Waals surface area (Å²) in [4.78, 5) is 37.1. The molecule has 0 radical (unpaired) electrons. The van der Waals surface area contributed by atoms with Gasteiger partial charge in [-0.05, 0) is 70.6 Å². The molecule has 0 saturated heterocycles. The third-order valence-corrected chi connectivity index (χ3v) is 11.6. The van der Waals surface area contributed by atoms with E-state index in [-0.39, 0.29) is 38.6 Å². The van der Waals surface area contributed by atoms with E-state index < -0.39 is 24.3 Å². The number of nitrogens with zero attached hydrogens (tertiary/aromatic N) is 1. The molecule has 0 saturated carbocycles. The van der Waals surface area contributed by atoms with Gasteiger partial charge in [0.15, 0.2) is 12.4 Å². The molecule has 2 unspecified atom stereocenters. The van der Waals surface area contributed by atoms with Gasteiger partial charge in [-0.15, -0.1) is 0 Å². The Morgan fingerprint density at radius 2 is 0.877 bits per heavy atom. The van der Waals surface area contributed by atoms with Gasteiger partial charge >= 0.3 is 11.9 Å². The minimum Gasteiger partial charge on any atom is -0.545 e. The van der Waals surface area contributed by atoms with E-state index in [0.29, 0.717) is 17.4 Å². The second-order valence-electron chi connectivity index (χ2n) is 19.1. The summed E-state index contributed by atoms with van der Waals surface area (Å²) in [6.07, 6.45) is 54.4. The maximum Gasteiger partial charge on any atom is 0.306 e. The van der Waals surface area contributed by atoms with Crippen molar-refractivity contribution in [2.75, 3.05) is 47.5 Å². The summed E-state index contributed by atoms with van der Waals surface area (Å²) in [6, 6.07) is 0. The summed E-state index contributed by atoms with van der Waals surface area (Å²) in [5.41, 5.74) is 0. The summed E-state index contributed by atoms with van der Waals surface area (Å²) in [5, 5.41) is 11.7. The quantitative estimate of drug-likeness (QED) is 0.0195. The number of carboxylic acid groups (broad SMARTS) is 1. The predicted molar refractivity (Wildman–Crippen MR) is 269 cm³/mol. The van der Waals surface area contributed by atoms with Crippen molar-refractivity contribution < 1.29 is 42.9 Å². The van der Waals surface area contributed by atoms with Crippen LogP contribution in [0.5, 0.6) is 0 Å². The van der Waals surface area contributed by atoms with E-state index >= 15 is 0 Å². The van der Waals surface area contributed by atoms with Crippen molar-refractivity contribution in [3.8, 4) is 0 Å². The molecule has 9 nitrogen and oxygen atoms in total. The molecule has 9 heteroatoms. The zero-order chi connectivity index (χ0) is 47.7. The number of carboxylic acids is 1. The number of esters is 2. The van der Waals surface area contributed by atoms with Gasteiger partial charge in [-0.25, -0.2) is 0 Å². The first-order chi connectivity index (χ1) is 31.6. The lowest BCUT2D eigenvalue weighted by molar-refractivity contribution is -0.870. The summed E-state index contributed by atoms with van der Waals surface area (Å²) in [6.45, 7) is 4.62. The molecule has 0 amide bonds. The first-order valence-corrected chi connectivity index (χ1v) is 26.8. The highest BCUT2D eigenvalue weighted by Crippen LogP contribution is 2.16. The number of unbranched alkanes of at least 4 members (excludes halogenated alkanes) is 26. The number of hydrogen-bond donors (Lipinski definition) is 0. The largest absolute Gasteiger partial charge is 0.545 e. The Morgan fingerprint density at radius 3 is 1.32 bits per heavy atom. The van der Waals surface area contributed by atoms with Crippen LogP contribution in [0, 0.1) is 0 Å². The zero-order valence-electron chi connectivity index (χ0n) is 42.9. The van der Waals surface area contributed by atoms with E-state index in [1.165, 1.54) is 128 Å². The molecule has 378 valence electrons. The van der Waals surface area contributed by atoms with Crippen molar-refractivity contribution in [2.24, 2.45) is 0 Å². The van der Waals surface area contributed by atoms with Crippen molar-refractivity contribution >= 4 is 17.9 Å². The highest BCUT2D eigenvalue weighted by Gasteiger charge is 2.22. The molecular formula is C56H101NO8. The van der Waals surface area contributed by atoms with Gasteiger partial charge in [0, 0.05) is 12.8 Å². The van der Waals surface area contributed by atoms with Crippen LogP contribution in [0.1, 0.15) is 232 Å². The molecule has 0 rings (SSSR count). The zero-order valence-corrected chi connectivity index (χ0v) is 42.9. The Morgan fingerprint density at radius 1 is 0.477 bits per heavy atom. The van der Waals surface area contributed by atoms with Gasteiger partial charge in [0.1, 0.15) is 13.2 Å². The van der Waals surface area contributed by atoms with Gasteiger partial charge in [0.2, 0.25) is 0 Å². The molecule has 0 aromatic carbocycles. The summed E-state index contributed by atoms with van der Waals surface area (Å²) in [5.74, 6) is -2.30. The van der Waals surface area contributed by atoms with Crippen molar-refractivity contribution in [2.45, 2.75) is 245 Å². The minimum absolute atomic E-state index is 0.143. The molecule has 0 aliphatic rings. The van der Waals surface area contributed by atoms with Crippen molar-refractivity contribution in [3.63, 3.8) is 0 Å². The topological polar surface area (TPSA) is 111 Å². The number of carbonyl (C=O) groups is 3. The first-order valence-electron chi connectivity index (χ1n) is 26.8. The number of hydrogen-bond acceptors (Lipinski definition) is 8. The van der Waals surface area contributed by atoms with Crippen LogP contribution in [-0.4, -0.2) is 82.3 Å². The Balaban J connectivity index is 4.24. The van der Waals surface area contributed by atoms with Gasteiger partial charge in [0.05, 0.1) is 40.3 Å². The first kappa shape index (κ1) is 62.2. The molecule has 0 heterocycles. The number of ether oxygens (including phenoxy) is 4. The second-order valence-corrected chi connectivity index (χ2v) is 19.1. The van der Waals surface area contributed by atoms with Crippen LogP contribution in [0.15, 0.2) is 48.6 Å². The molecule has 0 spiro atoms. The summed E-state index contributed by atoms with van der Waals surface area (Å²) < 4.78 is 22.6. The lowest BCUT2D eigenvalue weighted by Crippen LogP contribution is -2.44. The molecule has 0 aliphatic heterocycles. The van der Waals surface area contributed by atoms with Crippen LogP contribution in [0.2, 0.25) is 0 Å². The molecule has 0 aromatic rings. The van der Waals surface area contributed by atoms with E-state index in [0.717, 1.165) is 70.6 Å². The lowest BCUT2D eigenvalue weighted by Gasteiger charge is -2.26. The third kappa shape index (κ3) is 49.0. The van der Waals surface area contributed by atoms with Crippen LogP contribution in [0.4, 0.5) is 0 Å². The van der Waals surface area contributed by atoms with Crippen molar-refractivity contribution in [1.82, 2.24) is 0 Å². The maximum atomic E-state index is 12.8. The predicted octanol–water partition coefficient (Wildman–Crippen LogP) is 13.8. The number of allylic oxidation sites excluding steroid dienone is 8. The Labute approximate surface area is 400 Å². The fourth-order valence-electron chi connectivity index (χ4n) is 7.43. The van der Waals surface area contributed by atoms with Gasteiger partial charge < -0.3 is 33.3 Å². The monoisotopic (exact) mass is 916 g/mol. The SMILES string of the molecule is CC/C=C\C/C=C\C/C=C\CCCCCCCC(=O)OC(COC(=O)CCCCCCCCCCCCCCC/C=C\CCCCCCCCCC)COC(OCC[N+](C)(C)C)C(=O)[O-]. The molecular weight excluding hydrogens is 815 g/mol. The van der Waals surface area contributed by atoms with Crippen LogP contribution in [0.25, 0.3) is 0 Å². The maximum absolute atomic E-state index is 12.8. The van der Waals surface area contributed by atoms with E-state index in [1.54, 1.807) is 0 Å². The van der Waals surface area contributed by atoms with Crippen molar-refractivity contribution in [1.29, 1.82) is 0 Å². The Hall–Kier alpha value is -2.75. The number of aliphatic carboxylic acids is 1. The molecule has 2 atom stereocenters. The summed E-state index contributed by atoms with van der Waals surface area (Å²) in [7, 11) is 5.91. The van der Waals surface area contributed by atoms with E-state index in [4.69, 9.17) is 18.9 Å². The number of likely N-dealkylation sites (N-methyl/N-ethyl adjacent to an activating group) is 1. The van der Waals surface area contributed by atoms with E-state index in [1.807, 2.05) is 21.1 Å². The molecule has 0 aliphatic carbocycles. The summed E-state index contributed by atoms with van der Waals surface area (Å²) >= 11 is 0. The van der Waals surface area contributed by atoms with Gasteiger partial charge in [-0.2, -0.15) is 0 Å². The number of quaternary nitrogens is 1. The fourth-order valence-corrected chi connectivity index (χ4v) is 7.43. The molecule has 0 bridgehead atoms. The third-order valence-electron chi connectivity index (χ3n) is 11.6. The molecule has 0 fully saturated rings. The average molecular weight is 916 g/mol. The van der Waals surface area contributed by atoms with Crippen LogP contribution >= 0.6 is 0 Å². The van der Waals surface area contributed by atoms with Crippen LogP contribution < -0.4 is 5.11 Å². The van der Waals surface area contributed by atoms with Gasteiger partial charge in [0.25, 0.3) is 0 Å². The van der Waals surface area contributed by atoms with E-state index in [9.17, 15) is 19.5 Å². The van der Waals surface area contributed by atoms with E-state index in [2.05, 4.69) is 62.5 Å². The number of rotatable bonds is 49. The van der Waals surface area contributed by atoms with Crippen molar-refractivity contribution in [3.05, 3.63) is 48.6 Å². The lowest BCUT2D eigenvalue weighted by atomic mass is 10.0. The molecule has 65 heavy (non-hydrogen) atoms. The van der Waals surface area contributed by atoms with Gasteiger partial charge in [-0.3, -0.25) is 9.59 Å². The Bertz CT molecular complexity index is 1210. The van der Waals surface area contributed by atoms with Crippen LogP contribution in [0.3, 0.4) is 0 Å². The van der Waals surface area contributed by atoms with Gasteiger partial charge in [-0.1, -0.05) is 197 Å². The highest BCUT2D eigenvalue weighted by atomic mass is 16.7. The Kier molecular flexibility index (Phi) is 45.7. The fraction of sp³-hybridized carbons (Fsp3) is 0.804.